The summed E-state index contributed by atoms with van der Waals surface area (Å²) in [5.41, 5.74) is 1.96. The zero-order chi connectivity index (χ0) is 37.5. The smallest absolute Gasteiger partial charge is 0.352 e. The van der Waals surface area contributed by atoms with Crippen molar-refractivity contribution in [3.63, 3.8) is 0 Å². The van der Waals surface area contributed by atoms with Gasteiger partial charge in [-0.25, -0.2) is 4.79 Å². The summed E-state index contributed by atoms with van der Waals surface area (Å²) in [7, 11) is 1.01. The summed E-state index contributed by atoms with van der Waals surface area (Å²) in [6.07, 6.45) is 1.98. The van der Waals surface area contributed by atoms with Crippen molar-refractivity contribution in [3.05, 3.63) is 118 Å². The first-order chi connectivity index (χ1) is 24.8. The molecule has 5 rings (SSSR count). The van der Waals surface area contributed by atoms with Crippen molar-refractivity contribution in [2.45, 2.75) is 89.1 Å². The molecular formula is C41H54N2O8Si. The summed E-state index contributed by atoms with van der Waals surface area (Å²) in [6, 6.07) is 26.0. The number of aromatic nitrogens is 2. The summed E-state index contributed by atoms with van der Waals surface area (Å²) < 4.78 is 39.5. The van der Waals surface area contributed by atoms with Crippen LogP contribution in [0.25, 0.3) is 0 Å². The molecule has 0 bridgehead atoms. The van der Waals surface area contributed by atoms with Gasteiger partial charge in [0.15, 0.2) is 8.32 Å². The lowest BCUT2D eigenvalue weighted by molar-refractivity contribution is -0.0928. The molecule has 1 aliphatic heterocycles. The highest BCUT2D eigenvalue weighted by molar-refractivity contribution is 6.74. The van der Waals surface area contributed by atoms with Crippen LogP contribution >= 0.6 is 0 Å². The van der Waals surface area contributed by atoms with Gasteiger partial charge in [-0.05, 0) is 78.9 Å². The molecule has 1 N–H and O–H groups in total. The van der Waals surface area contributed by atoms with E-state index in [1.54, 1.807) is 20.4 Å². The average molecular weight is 731 g/mol. The average Bonchev–Trinajstić information content (AvgIpc) is 3.53. The van der Waals surface area contributed by atoms with Crippen LogP contribution in [0.15, 0.2) is 89.9 Å². The molecule has 10 nitrogen and oxygen atoms in total. The van der Waals surface area contributed by atoms with Crippen LogP contribution in [0.3, 0.4) is 0 Å². The van der Waals surface area contributed by atoms with Gasteiger partial charge in [-0.15, -0.1) is 0 Å². The van der Waals surface area contributed by atoms with Crippen LogP contribution in [0.4, 0.5) is 0 Å². The second-order valence-electron chi connectivity index (χ2n) is 14.8. The van der Waals surface area contributed by atoms with Gasteiger partial charge in [-0.2, -0.15) is 4.98 Å². The van der Waals surface area contributed by atoms with E-state index in [-0.39, 0.29) is 30.2 Å². The number of rotatable bonds is 16. The highest BCUT2D eigenvalue weighted by Crippen LogP contribution is 2.45. The first-order valence-electron chi connectivity index (χ1n) is 18.0. The summed E-state index contributed by atoms with van der Waals surface area (Å²) in [5, 5.41) is 9.05. The van der Waals surface area contributed by atoms with Gasteiger partial charge in [0.2, 0.25) is 5.88 Å². The minimum absolute atomic E-state index is 0.0551. The Morgan fingerprint density at radius 3 is 2.00 bits per heavy atom. The van der Waals surface area contributed by atoms with E-state index in [1.807, 2.05) is 73.7 Å². The van der Waals surface area contributed by atoms with Crippen LogP contribution in [0, 0.1) is 6.92 Å². The molecule has 0 aliphatic carbocycles. The Balaban J connectivity index is 1.54. The first kappa shape index (κ1) is 39.2. The minimum Gasteiger partial charge on any atom is -0.497 e. The van der Waals surface area contributed by atoms with Gasteiger partial charge in [0.1, 0.15) is 29.4 Å². The Kier molecular flexibility index (Phi) is 12.6. The van der Waals surface area contributed by atoms with Crippen molar-refractivity contribution >= 4 is 8.32 Å². The molecule has 3 atom stereocenters. The number of aliphatic hydroxyl groups excluding tert-OH is 1. The summed E-state index contributed by atoms with van der Waals surface area (Å²) in [5.74, 6) is 1.76. The van der Waals surface area contributed by atoms with E-state index in [4.69, 9.17) is 33.2 Å². The number of ether oxygens (including phenoxy) is 5. The van der Waals surface area contributed by atoms with Crippen LogP contribution in [0.1, 0.15) is 68.5 Å². The molecular weight excluding hydrogens is 677 g/mol. The van der Waals surface area contributed by atoms with Gasteiger partial charge >= 0.3 is 5.69 Å². The SMILES string of the molecule is COc1ccc(C(OC[C@H]2O[C@@H](n3cc(C)c(OCCCCO)nc3=O)C[C@@H]2O[Si](C)(C)C(C)(C)C)(c2ccccc2)c2ccc(OC)cc2)cc1. The van der Waals surface area contributed by atoms with E-state index in [0.717, 1.165) is 33.8 Å². The van der Waals surface area contributed by atoms with Crippen LogP contribution in [0.2, 0.25) is 18.1 Å². The second-order valence-corrected chi connectivity index (χ2v) is 19.6. The number of benzene rings is 3. The fourth-order valence-electron chi connectivity index (χ4n) is 6.27. The maximum absolute atomic E-state index is 13.5. The van der Waals surface area contributed by atoms with Crippen molar-refractivity contribution in [2.75, 3.05) is 34.0 Å². The molecule has 4 aromatic rings. The molecule has 0 unspecified atom stereocenters. The van der Waals surface area contributed by atoms with Gasteiger partial charge in [0, 0.05) is 24.8 Å². The van der Waals surface area contributed by atoms with Crippen LogP contribution < -0.4 is 19.9 Å². The Bertz CT molecular complexity index is 1740. The van der Waals surface area contributed by atoms with E-state index in [9.17, 15) is 4.79 Å². The fraction of sp³-hybridized carbons (Fsp3) is 0.463. The van der Waals surface area contributed by atoms with E-state index < -0.39 is 31.9 Å². The Labute approximate surface area is 308 Å². The number of aliphatic hydroxyl groups is 1. The summed E-state index contributed by atoms with van der Waals surface area (Å²) in [4.78, 5) is 17.7. The third-order valence-corrected chi connectivity index (χ3v) is 14.8. The standard InChI is InChI=1S/C41H54N2O8Si/c1-29-27-43(39(45)42-38(29)48-25-13-12-24-44)37-26-35(51-52(7,8)40(2,3)4)36(50-37)28-49-41(30-14-10-9-11-15-30,31-16-20-33(46-5)21-17-31)32-18-22-34(47-6)23-19-32/h9-11,14-23,27,35-37,44H,12-13,24-26,28H2,1-8H3/t35-,36+,37+/m0/s1. The number of unbranched alkanes of at least 4 members (excludes halogenated alkanes) is 1. The molecule has 1 fully saturated rings. The number of aryl methyl sites for hydroxylation is 1. The van der Waals surface area contributed by atoms with Crippen molar-refractivity contribution in [3.8, 4) is 17.4 Å². The molecule has 11 heteroatoms. The Hall–Kier alpha value is -4.00. The molecule has 0 amide bonds. The molecule has 280 valence electrons. The second kappa shape index (κ2) is 16.8. The minimum atomic E-state index is -2.29. The zero-order valence-corrected chi connectivity index (χ0v) is 32.8. The van der Waals surface area contributed by atoms with Crippen molar-refractivity contribution in [1.29, 1.82) is 0 Å². The lowest BCUT2D eigenvalue weighted by atomic mass is 9.80. The number of nitrogens with zero attached hydrogens (tertiary/aromatic N) is 2. The third kappa shape index (κ3) is 8.61. The number of hydrogen-bond acceptors (Lipinski definition) is 9. The van der Waals surface area contributed by atoms with Gasteiger partial charge in [-0.3, -0.25) is 4.57 Å². The van der Waals surface area contributed by atoms with E-state index >= 15 is 0 Å². The zero-order valence-electron chi connectivity index (χ0n) is 31.8. The summed E-state index contributed by atoms with van der Waals surface area (Å²) >= 11 is 0. The first-order valence-corrected chi connectivity index (χ1v) is 20.9. The van der Waals surface area contributed by atoms with E-state index in [0.29, 0.717) is 25.9 Å². The lowest BCUT2D eigenvalue weighted by Gasteiger charge is -2.40. The fourth-order valence-corrected chi connectivity index (χ4v) is 7.63. The van der Waals surface area contributed by atoms with Crippen LogP contribution in [-0.4, -0.2) is 69.2 Å². The van der Waals surface area contributed by atoms with Gasteiger partial charge in [0.05, 0.1) is 33.5 Å². The Morgan fingerprint density at radius 2 is 1.46 bits per heavy atom. The largest absolute Gasteiger partial charge is 0.497 e. The van der Waals surface area contributed by atoms with Gasteiger partial charge in [0.25, 0.3) is 0 Å². The molecule has 1 aromatic heterocycles. The number of hydrogen-bond donors (Lipinski definition) is 1. The molecule has 1 aliphatic rings. The van der Waals surface area contributed by atoms with Gasteiger partial charge in [-0.1, -0.05) is 75.4 Å². The number of methoxy groups -OCH3 is 2. The molecule has 1 saturated heterocycles. The molecule has 0 radical (unpaired) electrons. The maximum Gasteiger partial charge on any atom is 0.352 e. The molecule has 0 spiro atoms. The van der Waals surface area contributed by atoms with E-state index in [2.05, 4.69) is 51.0 Å². The normalized spacial score (nSPS) is 18.0. The van der Waals surface area contributed by atoms with Crippen LogP contribution in [0.5, 0.6) is 17.4 Å². The quantitative estimate of drug-likeness (QED) is 0.0716. The predicted octanol–water partition coefficient (Wildman–Crippen LogP) is 7.41. The van der Waals surface area contributed by atoms with Crippen molar-refractivity contribution in [2.24, 2.45) is 0 Å². The highest BCUT2D eigenvalue weighted by Gasteiger charge is 2.47. The highest BCUT2D eigenvalue weighted by atomic mass is 28.4. The topological polar surface area (TPSA) is 111 Å². The Morgan fingerprint density at radius 1 is 0.885 bits per heavy atom. The van der Waals surface area contributed by atoms with Crippen molar-refractivity contribution < 1.29 is 33.2 Å². The molecule has 52 heavy (non-hydrogen) atoms. The molecule has 0 saturated carbocycles. The van der Waals surface area contributed by atoms with Crippen molar-refractivity contribution in [1.82, 2.24) is 9.55 Å². The molecule has 2 heterocycles. The predicted molar refractivity (Wildman–Crippen MR) is 204 cm³/mol. The maximum atomic E-state index is 13.5. The third-order valence-electron chi connectivity index (χ3n) is 10.3. The molecule has 3 aromatic carbocycles. The summed E-state index contributed by atoms with van der Waals surface area (Å²) in [6.45, 7) is 13.6. The van der Waals surface area contributed by atoms with E-state index in [1.165, 1.54) is 4.57 Å². The lowest BCUT2D eigenvalue weighted by Crippen LogP contribution is -2.47. The monoisotopic (exact) mass is 730 g/mol. The van der Waals surface area contributed by atoms with Gasteiger partial charge < -0.3 is 33.2 Å². The van der Waals surface area contributed by atoms with Crippen LogP contribution in [-0.2, 0) is 19.5 Å².